The molecular weight excluding hydrogens is 495 g/mol. The van der Waals surface area contributed by atoms with Crippen LogP contribution in [0.2, 0.25) is 0 Å². The summed E-state index contributed by atoms with van der Waals surface area (Å²) >= 11 is 0. The summed E-state index contributed by atoms with van der Waals surface area (Å²) < 4.78 is 22.6. The summed E-state index contributed by atoms with van der Waals surface area (Å²) in [4.78, 5) is 18.5. The first kappa shape index (κ1) is 24.5. The lowest BCUT2D eigenvalue weighted by atomic mass is 9.93. The molecule has 0 amide bonds. The van der Waals surface area contributed by atoms with Crippen LogP contribution in [-0.4, -0.2) is 70.3 Å². The van der Waals surface area contributed by atoms with E-state index in [1.165, 1.54) is 0 Å². The van der Waals surface area contributed by atoms with Gasteiger partial charge in [-0.2, -0.15) is 9.97 Å². The Morgan fingerprint density at radius 3 is 2.64 bits per heavy atom. The monoisotopic (exact) mass is 528 g/mol. The molecule has 2 saturated heterocycles. The van der Waals surface area contributed by atoms with Crippen molar-refractivity contribution < 1.29 is 14.2 Å². The van der Waals surface area contributed by atoms with Crippen molar-refractivity contribution in [2.24, 2.45) is 17.6 Å². The molecule has 202 valence electrons. The summed E-state index contributed by atoms with van der Waals surface area (Å²) in [5.41, 5.74) is 7.31. The van der Waals surface area contributed by atoms with Crippen LogP contribution in [0.4, 0.5) is 10.2 Å². The largest absolute Gasteiger partial charge is 0.508 e. The van der Waals surface area contributed by atoms with Gasteiger partial charge in [-0.05, 0) is 74.0 Å². The SMILES string of the molecule is CN1CCC[C@H]1COc1nc(N2CC3CCC(C2)C3N)c2cnc(-c3cc(O)cc4ccccc34)c(F)c2n1. The van der Waals surface area contributed by atoms with Gasteiger partial charge in [0.15, 0.2) is 5.82 Å². The number of piperidine rings is 1. The van der Waals surface area contributed by atoms with Gasteiger partial charge in [-0.15, -0.1) is 0 Å². The number of nitrogens with two attached hydrogens (primary N) is 1. The van der Waals surface area contributed by atoms with E-state index in [-0.39, 0.29) is 35.1 Å². The lowest BCUT2D eigenvalue weighted by Gasteiger charge is -2.37. The highest BCUT2D eigenvalue weighted by Crippen LogP contribution is 2.41. The quantitative estimate of drug-likeness (QED) is 0.395. The van der Waals surface area contributed by atoms with Gasteiger partial charge in [0.25, 0.3) is 0 Å². The number of phenolic OH excluding ortho intramolecular Hbond substituents is 1. The third kappa shape index (κ3) is 4.24. The van der Waals surface area contributed by atoms with Gasteiger partial charge in [-0.1, -0.05) is 24.3 Å². The standard InChI is InChI=1S/C30H33FN6O2/c1-36-10-4-6-20(36)16-39-30-34-28-24(29(35-30)37-14-18-8-9-19(15-37)26(18)32)13-33-27(25(28)31)23-12-21(38)11-17-5-2-3-7-22(17)23/h2-3,5,7,11-13,18-20,26,38H,4,6,8-10,14-16,32H2,1H3/t18?,19?,20-,26?/m0/s1. The van der Waals surface area contributed by atoms with Crippen molar-refractivity contribution in [1.29, 1.82) is 0 Å². The van der Waals surface area contributed by atoms with Crippen molar-refractivity contribution in [3.63, 3.8) is 0 Å². The Balaban J connectivity index is 1.35. The highest BCUT2D eigenvalue weighted by molar-refractivity contribution is 5.99. The summed E-state index contributed by atoms with van der Waals surface area (Å²) in [7, 11) is 2.09. The van der Waals surface area contributed by atoms with Crippen molar-refractivity contribution >= 4 is 27.5 Å². The number of anilines is 1. The summed E-state index contributed by atoms with van der Waals surface area (Å²) in [5.74, 6) is 0.934. The Bertz CT molecular complexity index is 1550. The van der Waals surface area contributed by atoms with Gasteiger partial charge in [0.05, 0.1) is 5.39 Å². The first-order valence-corrected chi connectivity index (χ1v) is 13.9. The molecule has 7 rings (SSSR count). The lowest BCUT2D eigenvalue weighted by Crippen LogP contribution is -2.49. The van der Waals surface area contributed by atoms with Crippen LogP contribution in [0.5, 0.6) is 11.8 Å². The number of aromatic hydroxyl groups is 1. The molecule has 3 aliphatic rings. The number of ether oxygens (including phenoxy) is 1. The van der Waals surface area contributed by atoms with Crippen molar-refractivity contribution in [2.45, 2.75) is 37.8 Å². The number of likely N-dealkylation sites (tertiary alicyclic amines) is 1. The minimum Gasteiger partial charge on any atom is -0.508 e. The molecule has 3 fully saturated rings. The second-order valence-electron chi connectivity index (χ2n) is 11.4. The zero-order chi connectivity index (χ0) is 26.7. The second kappa shape index (κ2) is 9.57. The normalized spacial score (nSPS) is 25.2. The maximum atomic E-state index is 16.4. The van der Waals surface area contributed by atoms with E-state index in [1.807, 2.05) is 24.3 Å². The van der Waals surface area contributed by atoms with Gasteiger partial charge >= 0.3 is 6.01 Å². The smallest absolute Gasteiger partial charge is 0.319 e. The average molecular weight is 529 g/mol. The molecule has 39 heavy (non-hydrogen) atoms. The van der Waals surface area contributed by atoms with Crippen LogP contribution >= 0.6 is 0 Å². The number of fused-ring (bicyclic) bond motifs is 4. The number of likely N-dealkylation sites (N-methyl/N-ethyl adjacent to an activating group) is 1. The molecular formula is C30H33FN6O2. The van der Waals surface area contributed by atoms with Gasteiger partial charge in [0.2, 0.25) is 0 Å². The van der Waals surface area contributed by atoms with Crippen molar-refractivity contribution in [1.82, 2.24) is 19.9 Å². The molecule has 2 aliphatic heterocycles. The molecule has 1 saturated carbocycles. The number of hydrogen-bond donors (Lipinski definition) is 2. The Morgan fingerprint density at radius 2 is 1.87 bits per heavy atom. The fraction of sp³-hybridized carbons (Fsp3) is 0.433. The first-order chi connectivity index (χ1) is 19.0. The molecule has 3 N–H and O–H groups in total. The average Bonchev–Trinajstić information content (AvgIpc) is 3.42. The zero-order valence-electron chi connectivity index (χ0n) is 22.1. The molecule has 2 aromatic heterocycles. The molecule has 4 heterocycles. The van der Waals surface area contributed by atoms with E-state index in [9.17, 15) is 5.11 Å². The molecule has 2 aromatic carbocycles. The highest BCUT2D eigenvalue weighted by Gasteiger charge is 2.41. The van der Waals surface area contributed by atoms with Crippen molar-refractivity contribution in [3.8, 4) is 23.0 Å². The summed E-state index contributed by atoms with van der Waals surface area (Å²) in [5, 5.41) is 12.6. The highest BCUT2D eigenvalue weighted by atomic mass is 19.1. The van der Waals surface area contributed by atoms with E-state index in [1.54, 1.807) is 18.3 Å². The molecule has 2 unspecified atom stereocenters. The Kier molecular flexibility index (Phi) is 6.01. The van der Waals surface area contributed by atoms with E-state index >= 15 is 4.39 Å². The molecule has 3 atom stereocenters. The van der Waals surface area contributed by atoms with Gasteiger partial charge < -0.3 is 25.4 Å². The van der Waals surface area contributed by atoms with E-state index in [2.05, 4.69) is 26.8 Å². The van der Waals surface area contributed by atoms with Crippen LogP contribution in [0.15, 0.2) is 42.6 Å². The molecule has 1 aliphatic carbocycles. The zero-order valence-corrected chi connectivity index (χ0v) is 22.1. The number of nitrogens with zero attached hydrogens (tertiary/aromatic N) is 5. The summed E-state index contributed by atoms with van der Waals surface area (Å²) in [6.07, 6.45) is 6.05. The lowest BCUT2D eigenvalue weighted by molar-refractivity contribution is 0.188. The number of halogens is 1. The number of aromatic nitrogens is 3. The van der Waals surface area contributed by atoms with Crippen LogP contribution in [-0.2, 0) is 0 Å². The van der Waals surface area contributed by atoms with E-state index in [0.29, 0.717) is 35.2 Å². The third-order valence-corrected chi connectivity index (χ3v) is 9.03. The van der Waals surface area contributed by atoms with Crippen molar-refractivity contribution in [2.75, 3.05) is 38.2 Å². The predicted octanol–water partition coefficient (Wildman–Crippen LogP) is 4.34. The van der Waals surface area contributed by atoms with Crippen LogP contribution in [0.25, 0.3) is 32.9 Å². The number of pyridine rings is 1. The van der Waals surface area contributed by atoms with Gasteiger partial charge in [0.1, 0.15) is 29.4 Å². The fourth-order valence-corrected chi connectivity index (χ4v) is 6.80. The molecule has 0 spiro atoms. The Hall–Kier alpha value is -3.56. The molecule has 0 radical (unpaired) electrons. The van der Waals surface area contributed by atoms with Crippen molar-refractivity contribution in [3.05, 3.63) is 48.4 Å². The molecule has 4 aromatic rings. The predicted molar refractivity (Wildman–Crippen MR) is 149 cm³/mol. The van der Waals surface area contributed by atoms with Crippen LogP contribution in [0, 0.1) is 17.7 Å². The number of benzene rings is 2. The van der Waals surface area contributed by atoms with E-state index in [4.69, 9.17) is 15.5 Å². The maximum Gasteiger partial charge on any atom is 0.319 e. The number of hydrogen-bond acceptors (Lipinski definition) is 8. The second-order valence-corrected chi connectivity index (χ2v) is 11.4. The Labute approximate surface area is 226 Å². The molecule has 2 bridgehead atoms. The van der Waals surface area contributed by atoms with Crippen LogP contribution in [0.1, 0.15) is 25.7 Å². The summed E-state index contributed by atoms with van der Waals surface area (Å²) in [6, 6.07) is 11.5. The minimum absolute atomic E-state index is 0.0539. The first-order valence-electron chi connectivity index (χ1n) is 13.9. The van der Waals surface area contributed by atoms with Gasteiger partial charge in [0, 0.05) is 36.9 Å². The minimum atomic E-state index is -0.550. The van der Waals surface area contributed by atoms with Gasteiger partial charge in [-0.3, -0.25) is 4.98 Å². The van der Waals surface area contributed by atoms with Gasteiger partial charge in [-0.25, -0.2) is 4.39 Å². The number of rotatable bonds is 5. The molecule has 8 nitrogen and oxygen atoms in total. The maximum absolute atomic E-state index is 16.4. The van der Waals surface area contributed by atoms with E-state index in [0.717, 1.165) is 56.1 Å². The third-order valence-electron chi connectivity index (χ3n) is 9.03. The fourth-order valence-electron chi connectivity index (χ4n) is 6.80. The molecule has 9 heteroatoms. The van der Waals surface area contributed by atoms with Crippen LogP contribution < -0.4 is 15.4 Å². The van der Waals surface area contributed by atoms with Crippen LogP contribution in [0.3, 0.4) is 0 Å². The number of phenols is 1. The summed E-state index contributed by atoms with van der Waals surface area (Å²) in [6.45, 7) is 3.04. The topological polar surface area (TPSA) is 101 Å². The van der Waals surface area contributed by atoms with E-state index < -0.39 is 5.82 Å². The Morgan fingerprint density at radius 1 is 1.08 bits per heavy atom.